The molecule has 124 valence electrons. The molecule has 1 fully saturated rings. The fourth-order valence-corrected chi connectivity index (χ4v) is 3.84. The van der Waals surface area contributed by atoms with Crippen molar-refractivity contribution in [1.29, 1.82) is 0 Å². The van der Waals surface area contributed by atoms with Gasteiger partial charge in [0.05, 0.1) is 13.2 Å². The van der Waals surface area contributed by atoms with E-state index in [9.17, 15) is 5.11 Å². The molecule has 1 aromatic carbocycles. The van der Waals surface area contributed by atoms with Gasteiger partial charge in [-0.05, 0) is 43.0 Å². The van der Waals surface area contributed by atoms with Gasteiger partial charge < -0.3 is 19.5 Å². The quantitative estimate of drug-likeness (QED) is 0.849. The first kappa shape index (κ1) is 15.9. The lowest BCUT2D eigenvalue weighted by atomic mass is 9.70. The van der Waals surface area contributed by atoms with Crippen molar-refractivity contribution in [2.75, 3.05) is 27.3 Å². The number of allylic oxidation sites excluding steroid dienone is 1. The van der Waals surface area contributed by atoms with Crippen molar-refractivity contribution in [3.8, 4) is 11.5 Å². The molecule has 1 heterocycles. The summed E-state index contributed by atoms with van der Waals surface area (Å²) in [6.45, 7) is 5.16. The van der Waals surface area contributed by atoms with E-state index < -0.39 is 0 Å². The van der Waals surface area contributed by atoms with Crippen LogP contribution < -0.4 is 9.47 Å². The number of fused-ring (bicyclic) bond motifs is 1. The Hall–Kier alpha value is -1.94. The highest BCUT2D eigenvalue weighted by molar-refractivity contribution is 5.49. The molecule has 3 rings (SSSR count). The number of methoxy groups -OCH3 is 1. The normalized spacial score (nSPS) is 26.5. The average molecular weight is 315 g/mol. The molecule has 0 bridgehead atoms. The van der Waals surface area contributed by atoms with Crippen LogP contribution in [0, 0.1) is 0 Å². The molecule has 4 heteroatoms. The summed E-state index contributed by atoms with van der Waals surface area (Å²) in [4.78, 5) is 2.26. The van der Waals surface area contributed by atoms with E-state index in [0.29, 0.717) is 6.61 Å². The van der Waals surface area contributed by atoms with Gasteiger partial charge in [-0.3, -0.25) is 0 Å². The van der Waals surface area contributed by atoms with E-state index in [1.807, 2.05) is 12.1 Å². The van der Waals surface area contributed by atoms with Crippen LogP contribution in [-0.2, 0) is 5.41 Å². The maximum Gasteiger partial charge on any atom is 0.161 e. The monoisotopic (exact) mass is 315 g/mol. The van der Waals surface area contributed by atoms with Gasteiger partial charge in [0.2, 0.25) is 0 Å². The first-order valence-corrected chi connectivity index (χ1v) is 8.14. The number of ether oxygens (including phenoxy) is 2. The van der Waals surface area contributed by atoms with Gasteiger partial charge in [-0.1, -0.05) is 18.7 Å². The first-order valence-electron chi connectivity index (χ1n) is 8.14. The minimum Gasteiger partial charge on any atom is -0.493 e. The molecule has 0 spiro atoms. The summed E-state index contributed by atoms with van der Waals surface area (Å²) < 4.78 is 11.2. The molecule has 2 aliphatic rings. The Labute approximate surface area is 138 Å². The molecular weight excluding hydrogens is 290 g/mol. The maximum atomic E-state index is 10.0. The molecule has 0 aromatic heterocycles. The van der Waals surface area contributed by atoms with E-state index in [1.54, 1.807) is 13.2 Å². The zero-order valence-corrected chi connectivity index (χ0v) is 13.9. The second-order valence-corrected chi connectivity index (χ2v) is 6.38. The van der Waals surface area contributed by atoms with Crippen molar-refractivity contribution < 1.29 is 14.6 Å². The Balaban J connectivity index is 2.03. The third kappa shape index (κ3) is 2.72. The summed E-state index contributed by atoms with van der Waals surface area (Å²) in [5, 5.41) is 10.0. The molecule has 2 atom stereocenters. The number of benzene rings is 1. The van der Waals surface area contributed by atoms with E-state index in [1.165, 1.54) is 11.3 Å². The maximum absolute atomic E-state index is 10.0. The Kier molecular flexibility index (Phi) is 4.35. The second-order valence-electron chi connectivity index (χ2n) is 6.38. The summed E-state index contributed by atoms with van der Waals surface area (Å²) in [5.41, 5.74) is 2.45. The molecule has 4 nitrogen and oxygen atoms in total. The molecule has 0 amide bonds. The molecule has 1 N–H and O–H groups in total. The largest absolute Gasteiger partial charge is 0.493 e. The number of aliphatic hydroxyl groups excluding tert-OH is 1. The van der Waals surface area contributed by atoms with Gasteiger partial charge in [0.15, 0.2) is 11.5 Å². The number of nitrogens with zero attached hydrogens (tertiary/aromatic N) is 1. The smallest absolute Gasteiger partial charge is 0.161 e. The minimum atomic E-state index is -0.339. The molecule has 1 aromatic rings. The van der Waals surface area contributed by atoms with E-state index in [0.717, 1.165) is 37.3 Å². The van der Waals surface area contributed by atoms with Gasteiger partial charge in [-0.2, -0.15) is 0 Å². The number of rotatable bonds is 5. The zero-order valence-electron chi connectivity index (χ0n) is 13.9. The van der Waals surface area contributed by atoms with E-state index in [4.69, 9.17) is 9.47 Å². The van der Waals surface area contributed by atoms with Gasteiger partial charge in [0.1, 0.15) is 6.61 Å². The SMILES string of the molecule is C=CCOc1cc([C@@]23CC[C@@H](O)C=C2N(C)CC3)ccc1OC. The Bertz CT molecular complexity index is 625. The topological polar surface area (TPSA) is 41.9 Å². The molecule has 0 radical (unpaired) electrons. The lowest BCUT2D eigenvalue weighted by Gasteiger charge is -2.37. The average Bonchev–Trinajstić information content (AvgIpc) is 2.90. The highest BCUT2D eigenvalue weighted by atomic mass is 16.5. The summed E-state index contributed by atoms with van der Waals surface area (Å²) in [7, 11) is 3.75. The van der Waals surface area contributed by atoms with E-state index in [2.05, 4.69) is 30.7 Å². The number of hydrogen-bond donors (Lipinski definition) is 1. The standard InChI is InChI=1S/C19H25NO3/c1-4-11-23-17-12-14(5-6-16(17)22-3)19-8-7-15(21)13-18(19)20(2)10-9-19/h4-6,12-13,15,21H,1,7-11H2,2-3H3/t15-,19+/m1/s1. The minimum absolute atomic E-state index is 0.0213. The van der Waals surface area contributed by atoms with Crippen LogP contribution in [0.1, 0.15) is 24.8 Å². The van der Waals surface area contributed by atoms with Crippen LogP contribution in [0.4, 0.5) is 0 Å². The van der Waals surface area contributed by atoms with Crippen molar-refractivity contribution in [2.24, 2.45) is 0 Å². The van der Waals surface area contributed by atoms with Gasteiger partial charge in [0, 0.05) is 24.7 Å². The molecule has 1 aliphatic carbocycles. The summed E-state index contributed by atoms with van der Waals surface area (Å²) in [5.74, 6) is 1.49. The summed E-state index contributed by atoms with van der Waals surface area (Å²) >= 11 is 0. The summed E-state index contributed by atoms with van der Waals surface area (Å²) in [6.07, 6.45) is 6.23. The van der Waals surface area contributed by atoms with Crippen molar-refractivity contribution >= 4 is 0 Å². The number of likely N-dealkylation sites (tertiary alicyclic amines) is 1. The van der Waals surface area contributed by atoms with Crippen LogP contribution in [0.5, 0.6) is 11.5 Å². The molecule has 1 aliphatic heterocycles. The van der Waals surface area contributed by atoms with Gasteiger partial charge in [-0.25, -0.2) is 0 Å². The number of hydrogen-bond acceptors (Lipinski definition) is 4. The van der Waals surface area contributed by atoms with E-state index >= 15 is 0 Å². The van der Waals surface area contributed by atoms with Crippen molar-refractivity contribution in [3.63, 3.8) is 0 Å². The zero-order chi connectivity index (χ0) is 16.4. The van der Waals surface area contributed by atoms with Crippen molar-refractivity contribution in [3.05, 3.63) is 48.2 Å². The molecule has 0 saturated carbocycles. The molecule has 0 unspecified atom stereocenters. The van der Waals surface area contributed by atoms with Crippen LogP contribution in [0.25, 0.3) is 0 Å². The van der Waals surface area contributed by atoms with Crippen LogP contribution in [0.15, 0.2) is 42.6 Å². The molecular formula is C19H25NO3. The highest BCUT2D eigenvalue weighted by Gasteiger charge is 2.45. The van der Waals surface area contributed by atoms with Gasteiger partial charge in [0.25, 0.3) is 0 Å². The fourth-order valence-electron chi connectivity index (χ4n) is 3.84. The fraction of sp³-hybridized carbons (Fsp3) is 0.474. The van der Waals surface area contributed by atoms with Gasteiger partial charge in [-0.15, -0.1) is 0 Å². The Morgan fingerprint density at radius 1 is 1.39 bits per heavy atom. The van der Waals surface area contributed by atoms with Gasteiger partial charge >= 0.3 is 0 Å². The van der Waals surface area contributed by atoms with Crippen LogP contribution in [0.2, 0.25) is 0 Å². The van der Waals surface area contributed by atoms with Crippen molar-refractivity contribution in [2.45, 2.75) is 30.8 Å². The lowest BCUT2D eigenvalue weighted by Crippen LogP contribution is -2.33. The number of likely N-dealkylation sites (N-methyl/N-ethyl adjacent to an activating group) is 1. The predicted octanol–water partition coefficient (Wildman–Crippen LogP) is 2.87. The first-order chi connectivity index (χ1) is 11.1. The Morgan fingerprint density at radius 2 is 2.22 bits per heavy atom. The lowest BCUT2D eigenvalue weighted by molar-refractivity contribution is 0.181. The Morgan fingerprint density at radius 3 is 2.96 bits per heavy atom. The van der Waals surface area contributed by atoms with Crippen LogP contribution >= 0.6 is 0 Å². The van der Waals surface area contributed by atoms with E-state index in [-0.39, 0.29) is 11.5 Å². The number of aliphatic hydroxyl groups is 1. The molecule has 1 saturated heterocycles. The van der Waals surface area contributed by atoms with Crippen molar-refractivity contribution in [1.82, 2.24) is 4.90 Å². The highest BCUT2D eigenvalue weighted by Crippen LogP contribution is 2.50. The second kappa shape index (κ2) is 6.28. The third-order valence-electron chi connectivity index (χ3n) is 5.07. The predicted molar refractivity (Wildman–Crippen MR) is 90.9 cm³/mol. The molecule has 23 heavy (non-hydrogen) atoms. The third-order valence-corrected chi connectivity index (χ3v) is 5.07. The van der Waals surface area contributed by atoms with Crippen LogP contribution in [-0.4, -0.2) is 43.4 Å². The summed E-state index contributed by atoms with van der Waals surface area (Å²) in [6, 6.07) is 6.20. The van der Waals surface area contributed by atoms with Crippen LogP contribution in [0.3, 0.4) is 0 Å².